The molecular formula is C11H17O5P. The van der Waals surface area contributed by atoms with Crippen molar-refractivity contribution >= 4 is 13.6 Å². The van der Waals surface area contributed by atoms with E-state index in [-0.39, 0.29) is 24.9 Å². The predicted molar refractivity (Wildman–Crippen MR) is 66.2 cm³/mol. The lowest BCUT2D eigenvalue weighted by atomic mass is 10.3. The van der Waals surface area contributed by atoms with E-state index in [0.29, 0.717) is 0 Å². The van der Waals surface area contributed by atoms with Crippen molar-refractivity contribution in [2.75, 3.05) is 19.4 Å². The zero-order chi connectivity index (χ0) is 13.3. The van der Waals surface area contributed by atoms with Crippen LogP contribution in [0.3, 0.4) is 0 Å². The molecule has 0 amide bonds. The summed E-state index contributed by atoms with van der Waals surface area (Å²) in [5, 5.41) is 8.66. The summed E-state index contributed by atoms with van der Waals surface area (Å²) in [6.07, 6.45) is 4.11. The summed E-state index contributed by atoms with van der Waals surface area (Å²) in [6.45, 7) is 8.44. The number of carboxylic acids is 1. The van der Waals surface area contributed by atoms with Crippen LogP contribution in [0.25, 0.3) is 0 Å². The van der Waals surface area contributed by atoms with Gasteiger partial charge in [-0.1, -0.05) is 18.2 Å². The fourth-order valence-corrected chi connectivity index (χ4v) is 2.26. The molecule has 0 aromatic heterocycles. The van der Waals surface area contributed by atoms with Gasteiger partial charge in [0.25, 0.3) is 0 Å². The van der Waals surface area contributed by atoms with Crippen molar-refractivity contribution < 1.29 is 23.5 Å². The molecule has 0 saturated carbocycles. The van der Waals surface area contributed by atoms with Gasteiger partial charge in [-0.3, -0.25) is 4.57 Å². The standard InChI is InChI=1S/C11H17O5P/c1-4-7-15-17(14,16-8-5-2)9-6-10(3)11(12)13/h4-6H,1-2,7-9H2,3H3,(H,12,13). The molecule has 6 heteroatoms. The van der Waals surface area contributed by atoms with Gasteiger partial charge < -0.3 is 14.2 Å². The fraction of sp³-hybridized carbons (Fsp3) is 0.364. The van der Waals surface area contributed by atoms with Gasteiger partial charge in [-0.15, -0.1) is 13.2 Å². The molecule has 0 heterocycles. The smallest absolute Gasteiger partial charge is 0.335 e. The van der Waals surface area contributed by atoms with Crippen molar-refractivity contribution in [3.8, 4) is 0 Å². The highest BCUT2D eigenvalue weighted by molar-refractivity contribution is 7.54. The lowest BCUT2D eigenvalue weighted by molar-refractivity contribution is -0.132. The molecule has 0 rings (SSSR count). The molecule has 0 aliphatic rings. The number of carboxylic acid groups (broad SMARTS) is 1. The second-order valence-corrected chi connectivity index (χ2v) is 5.26. The molecule has 0 aromatic rings. The predicted octanol–water partition coefficient (Wildman–Crippen LogP) is 2.62. The molecule has 0 aliphatic heterocycles. The van der Waals surface area contributed by atoms with E-state index < -0.39 is 13.6 Å². The number of allylic oxidation sites excluding steroid dienone is 1. The maximum absolute atomic E-state index is 12.1. The highest BCUT2D eigenvalue weighted by atomic mass is 31.2. The van der Waals surface area contributed by atoms with E-state index in [4.69, 9.17) is 14.2 Å². The second kappa shape index (κ2) is 8.01. The third-order valence-corrected chi connectivity index (χ3v) is 3.45. The quantitative estimate of drug-likeness (QED) is 0.392. The molecule has 0 bridgehead atoms. The van der Waals surface area contributed by atoms with Crippen LogP contribution in [0, 0.1) is 0 Å². The summed E-state index contributed by atoms with van der Waals surface area (Å²) in [7, 11) is -3.33. The van der Waals surface area contributed by atoms with Crippen molar-refractivity contribution in [2.45, 2.75) is 6.92 Å². The summed E-state index contributed by atoms with van der Waals surface area (Å²) < 4.78 is 22.2. The van der Waals surface area contributed by atoms with Gasteiger partial charge in [0.05, 0.1) is 19.4 Å². The zero-order valence-corrected chi connectivity index (χ0v) is 10.7. The minimum Gasteiger partial charge on any atom is -0.478 e. The minimum absolute atomic E-state index is 0.0778. The average Bonchev–Trinajstić information content (AvgIpc) is 2.31. The van der Waals surface area contributed by atoms with Gasteiger partial charge in [-0.05, 0) is 6.92 Å². The Hall–Kier alpha value is -1.16. The second-order valence-electron chi connectivity index (χ2n) is 3.15. The average molecular weight is 260 g/mol. The number of hydrogen-bond acceptors (Lipinski definition) is 4. The molecule has 0 saturated heterocycles. The molecule has 0 spiro atoms. The van der Waals surface area contributed by atoms with Crippen LogP contribution < -0.4 is 0 Å². The Bertz CT molecular complexity index is 343. The van der Waals surface area contributed by atoms with Gasteiger partial charge in [0.2, 0.25) is 0 Å². The Morgan fingerprint density at radius 1 is 1.29 bits per heavy atom. The van der Waals surface area contributed by atoms with Crippen LogP contribution in [0.2, 0.25) is 0 Å². The fourth-order valence-electron chi connectivity index (χ4n) is 0.811. The van der Waals surface area contributed by atoms with Crippen molar-refractivity contribution in [1.29, 1.82) is 0 Å². The maximum atomic E-state index is 12.1. The summed E-state index contributed by atoms with van der Waals surface area (Å²) in [6, 6.07) is 0. The zero-order valence-electron chi connectivity index (χ0n) is 9.80. The van der Waals surface area contributed by atoms with Crippen molar-refractivity contribution in [2.24, 2.45) is 0 Å². The van der Waals surface area contributed by atoms with E-state index in [1.54, 1.807) is 0 Å². The first-order valence-corrected chi connectivity index (χ1v) is 6.68. The van der Waals surface area contributed by atoms with Gasteiger partial charge >= 0.3 is 13.6 Å². The molecule has 1 N–H and O–H groups in total. The van der Waals surface area contributed by atoms with E-state index in [9.17, 15) is 9.36 Å². The van der Waals surface area contributed by atoms with E-state index in [2.05, 4.69) is 13.2 Å². The highest BCUT2D eigenvalue weighted by Gasteiger charge is 2.22. The Balaban J connectivity index is 4.62. The summed E-state index contributed by atoms with van der Waals surface area (Å²) >= 11 is 0. The molecule has 0 aromatic carbocycles. The van der Waals surface area contributed by atoms with Gasteiger partial charge in [0.15, 0.2) is 0 Å². The van der Waals surface area contributed by atoms with Gasteiger partial charge in [-0.25, -0.2) is 4.79 Å². The van der Waals surface area contributed by atoms with Gasteiger partial charge in [0, 0.05) is 5.57 Å². The molecule has 0 atom stereocenters. The van der Waals surface area contributed by atoms with E-state index >= 15 is 0 Å². The van der Waals surface area contributed by atoms with Crippen LogP contribution in [-0.4, -0.2) is 30.5 Å². The molecule has 0 fully saturated rings. The van der Waals surface area contributed by atoms with E-state index in [1.807, 2.05) is 0 Å². The lowest BCUT2D eigenvalue weighted by Crippen LogP contribution is -2.02. The van der Waals surface area contributed by atoms with Gasteiger partial charge in [0.1, 0.15) is 0 Å². The van der Waals surface area contributed by atoms with Crippen molar-refractivity contribution in [3.05, 3.63) is 37.0 Å². The van der Waals surface area contributed by atoms with Crippen LogP contribution in [-0.2, 0) is 18.4 Å². The van der Waals surface area contributed by atoms with Crippen LogP contribution in [0.15, 0.2) is 37.0 Å². The first-order chi connectivity index (χ1) is 7.95. The Morgan fingerprint density at radius 3 is 2.12 bits per heavy atom. The summed E-state index contributed by atoms with van der Waals surface area (Å²) in [5.74, 6) is -1.07. The Kier molecular flexibility index (Phi) is 7.46. The van der Waals surface area contributed by atoms with Crippen molar-refractivity contribution in [1.82, 2.24) is 0 Å². The van der Waals surface area contributed by atoms with Crippen molar-refractivity contribution in [3.63, 3.8) is 0 Å². The first-order valence-electron chi connectivity index (χ1n) is 4.95. The summed E-state index contributed by atoms with van der Waals surface area (Å²) in [4.78, 5) is 10.6. The molecule has 0 unspecified atom stereocenters. The van der Waals surface area contributed by atoms with E-state index in [0.717, 1.165) is 0 Å². The maximum Gasteiger partial charge on any atom is 0.335 e. The van der Waals surface area contributed by atoms with Gasteiger partial charge in [-0.2, -0.15) is 0 Å². The largest absolute Gasteiger partial charge is 0.478 e. The number of carbonyl (C=O) groups is 1. The minimum atomic E-state index is -3.33. The normalized spacial score (nSPS) is 12.2. The molecular weight excluding hydrogens is 243 g/mol. The lowest BCUT2D eigenvalue weighted by Gasteiger charge is -2.15. The topological polar surface area (TPSA) is 72.8 Å². The van der Waals surface area contributed by atoms with Crippen LogP contribution in [0.1, 0.15) is 6.92 Å². The van der Waals surface area contributed by atoms with E-state index in [1.165, 1.54) is 25.2 Å². The first kappa shape index (κ1) is 15.8. The molecule has 96 valence electrons. The highest BCUT2D eigenvalue weighted by Crippen LogP contribution is 2.48. The molecule has 0 aliphatic carbocycles. The molecule has 17 heavy (non-hydrogen) atoms. The van der Waals surface area contributed by atoms with Crippen LogP contribution >= 0.6 is 7.60 Å². The Morgan fingerprint density at radius 2 is 1.76 bits per heavy atom. The van der Waals surface area contributed by atoms with Crippen LogP contribution in [0.4, 0.5) is 0 Å². The third kappa shape index (κ3) is 6.89. The Labute approximate surface area is 101 Å². The SMILES string of the molecule is C=CCOP(=O)(CC=C(C)C(=O)O)OCC=C. The van der Waals surface area contributed by atoms with Crippen LogP contribution in [0.5, 0.6) is 0 Å². The number of aliphatic carboxylic acids is 1. The molecule has 5 nitrogen and oxygen atoms in total. The summed E-state index contributed by atoms with van der Waals surface area (Å²) in [5.41, 5.74) is 0.0923. The third-order valence-electron chi connectivity index (χ3n) is 1.74. The number of rotatable bonds is 9. The molecule has 0 radical (unpaired) electrons. The number of hydrogen-bond donors (Lipinski definition) is 1. The monoisotopic (exact) mass is 260 g/mol.